The predicted molar refractivity (Wildman–Crippen MR) is 73.3 cm³/mol. The number of rotatable bonds is 5. The molecule has 1 unspecified atom stereocenters. The van der Waals surface area contributed by atoms with Gasteiger partial charge >= 0.3 is 0 Å². The molecule has 2 nitrogen and oxygen atoms in total. The lowest BCUT2D eigenvalue weighted by Gasteiger charge is -2.23. The Kier molecular flexibility index (Phi) is 5.36. The number of thioether (sulfide) groups is 1. The summed E-state index contributed by atoms with van der Waals surface area (Å²) in [4.78, 5) is 1.30. The molecule has 0 amide bonds. The van der Waals surface area contributed by atoms with Gasteiger partial charge in [0.25, 0.3) is 0 Å². The zero-order valence-electron chi connectivity index (χ0n) is 10.2. The molecule has 0 aromatic heterocycles. The maximum atomic E-state index is 8.96. The van der Waals surface area contributed by atoms with Gasteiger partial charge in [0.1, 0.15) is 0 Å². The molecule has 17 heavy (non-hydrogen) atoms. The molecule has 0 saturated carbocycles. The van der Waals surface area contributed by atoms with Crippen molar-refractivity contribution in [2.24, 2.45) is 0 Å². The van der Waals surface area contributed by atoms with Crippen LogP contribution >= 0.6 is 11.8 Å². The van der Waals surface area contributed by atoms with Crippen molar-refractivity contribution in [2.45, 2.75) is 43.2 Å². The highest BCUT2D eigenvalue weighted by molar-refractivity contribution is 7.99. The zero-order valence-corrected chi connectivity index (χ0v) is 11.0. The summed E-state index contributed by atoms with van der Waals surface area (Å²) in [6.45, 7) is 1.33. The van der Waals surface area contributed by atoms with Gasteiger partial charge in [0, 0.05) is 10.9 Å². The van der Waals surface area contributed by atoms with Crippen LogP contribution in [0.3, 0.4) is 0 Å². The number of aliphatic hydroxyl groups excluding tert-OH is 1. The van der Waals surface area contributed by atoms with E-state index in [1.165, 1.54) is 42.9 Å². The Morgan fingerprint density at radius 1 is 1.24 bits per heavy atom. The van der Waals surface area contributed by atoms with Crippen molar-refractivity contribution in [1.29, 1.82) is 0 Å². The molecule has 1 atom stereocenters. The number of piperidine rings is 1. The first-order chi connectivity index (χ1) is 8.38. The summed E-state index contributed by atoms with van der Waals surface area (Å²) in [5.41, 5.74) is 0.989. The standard InChI is InChI=1S/C14H21NOS/c16-11-12-4-6-14(7-5-12)17-10-8-13-3-1-2-9-15-13/h4-7,13,15-16H,1-3,8-11H2. The second-order valence-electron chi connectivity index (χ2n) is 4.59. The van der Waals surface area contributed by atoms with Gasteiger partial charge in [-0.1, -0.05) is 18.6 Å². The van der Waals surface area contributed by atoms with Crippen LogP contribution in [0.2, 0.25) is 0 Å². The van der Waals surface area contributed by atoms with Gasteiger partial charge in [-0.15, -0.1) is 11.8 Å². The topological polar surface area (TPSA) is 32.3 Å². The number of benzene rings is 1. The van der Waals surface area contributed by atoms with Crippen LogP contribution < -0.4 is 5.32 Å². The Morgan fingerprint density at radius 3 is 2.71 bits per heavy atom. The van der Waals surface area contributed by atoms with Crippen molar-refractivity contribution in [3.05, 3.63) is 29.8 Å². The Bertz CT molecular complexity index is 319. The first-order valence-electron chi connectivity index (χ1n) is 6.44. The minimum absolute atomic E-state index is 0.136. The molecule has 0 aliphatic carbocycles. The highest BCUT2D eigenvalue weighted by atomic mass is 32.2. The maximum absolute atomic E-state index is 8.96. The Hall–Kier alpha value is -0.510. The van der Waals surface area contributed by atoms with Gasteiger partial charge in [0.15, 0.2) is 0 Å². The summed E-state index contributed by atoms with van der Waals surface area (Å²) >= 11 is 1.91. The second-order valence-corrected chi connectivity index (χ2v) is 5.75. The van der Waals surface area contributed by atoms with Crippen molar-refractivity contribution in [3.8, 4) is 0 Å². The summed E-state index contributed by atoms with van der Waals surface area (Å²) < 4.78 is 0. The molecule has 1 aromatic rings. The predicted octanol–water partition coefficient (Wildman–Crippen LogP) is 2.80. The monoisotopic (exact) mass is 251 g/mol. The molecule has 1 aromatic carbocycles. The number of aliphatic hydroxyl groups is 1. The highest BCUT2D eigenvalue weighted by Crippen LogP contribution is 2.21. The van der Waals surface area contributed by atoms with E-state index in [1.54, 1.807) is 0 Å². The average Bonchev–Trinajstić information content (AvgIpc) is 2.41. The van der Waals surface area contributed by atoms with E-state index in [1.807, 2.05) is 23.9 Å². The van der Waals surface area contributed by atoms with Gasteiger partial charge in [-0.2, -0.15) is 0 Å². The van der Waals surface area contributed by atoms with Gasteiger partial charge in [-0.25, -0.2) is 0 Å². The van der Waals surface area contributed by atoms with E-state index in [4.69, 9.17) is 5.11 Å². The van der Waals surface area contributed by atoms with E-state index in [9.17, 15) is 0 Å². The van der Waals surface area contributed by atoms with E-state index in [2.05, 4.69) is 17.4 Å². The van der Waals surface area contributed by atoms with Crippen LogP contribution in [0.1, 0.15) is 31.2 Å². The van der Waals surface area contributed by atoms with Crippen LogP contribution in [-0.4, -0.2) is 23.4 Å². The van der Waals surface area contributed by atoms with E-state index in [-0.39, 0.29) is 6.61 Å². The van der Waals surface area contributed by atoms with Crippen molar-refractivity contribution < 1.29 is 5.11 Å². The highest BCUT2D eigenvalue weighted by Gasteiger charge is 2.11. The molecule has 94 valence electrons. The molecule has 2 N–H and O–H groups in total. The first kappa shape index (κ1) is 12.9. The zero-order chi connectivity index (χ0) is 11.9. The fourth-order valence-corrected chi connectivity index (χ4v) is 3.15. The third-order valence-corrected chi connectivity index (χ3v) is 4.30. The van der Waals surface area contributed by atoms with Crippen molar-refractivity contribution in [1.82, 2.24) is 5.32 Å². The first-order valence-corrected chi connectivity index (χ1v) is 7.43. The lowest BCUT2D eigenvalue weighted by atomic mass is 10.0. The van der Waals surface area contributed by atoms with Gasteiger partial charge in [0.05, 0.1) is 6.61 Å². The molecular weight excluding hydrogens is 230 g/mol. The molecule has 0 spiro atoms. The van der Waals surface area contributed by atoms with Crippen molar-refractivity contribution >= 4 is 11.8 Å². The minimum Gasteiger partial charge on any atom is -0.392 e. The summed E-state index contributed by atoms with van der Waals surface area (Å²) in [7, 11) is 0. The smallest absolute Gasteiger partial charge is 0.0681 e. The molecule has 1 aliphatic rings. The maximum Gasteiger partial charge on any atom is 0.0681 e. The number of hydrogen-bond donors (Lipinski definition) is 2. The third-order valence-electron chi connectivity index (χ3n) is 3.25. The lowest BCUT2D eigenvalue weighted by Crippen LogP contribution is -2.34. The molecule has 2 rings (SSSR count). The van der Waals surface area contributed by atoms with E-state index in [0.29, 0.717) is 0 Å². The Labute approximate surface area is 108 Å². The molecular formula is C14H21NOS. The number of hydrogen-bond acceptors (Lipinski definition) is 3. The number of nitrogens with one attached hydrogen (secondary N) is 1. The van der Waals surface area contributed by atoms with Gasteiger partial charge < -0.3 is 10.4 Å². The van der Waals surface area contributed by atoms with Gasteiger partial charge in [0.2, 0.25) is 0 Å². The quantitative estimate of drug-likeness (QED) is 0.789. The molecule has 3 heteroatoms. The van der Waals surface area contributed by atoms with Crippen LogP contribution in [0.4, 0.5) is 0 Å². The van der Waals surface area contributed by atoms with E-state index in [0.717, 1.165) is 11.6 Å². The average molecular weight is 251 g/mol. The van der Waals surface area contributed by atoms with E-state index < -0.39 is 0 Å². The molecule has 1 aliphatic heterocycles. The normalized spacial score (nSPS) is 20.4. The third kappa shape index (κ3) is 4.34. The summed E-state index contributed by atoms with van der Waals surface area (Å²) in [6.07, 6.45) is 5.32. The fraction of sp³-hybridized carbons (Fsp3) is 0.571. The fourth-order valence-electron chi connectivity index (χ4n) is 2.18. The SMILES string of the molecule is OCc1ccc(SCCC2CCCCN2)cc1. The molecule has 1 fully saturated rings. The molecule has 1 heterocycles. The molecule has 1 saturated heterocycles. The summed E-state index contributed by atoms with van der Waals surface area (Å²) in [6, 6.07) is 8.94. The van der Waals surface area contributed by atoms with Gasteiger partial charge in [-0.3, -0.25) is 0 Å². The van der Waals surface area contributed by atoms with Crippen molar-refractivity contribution in [2.75, 3.05) is 12.3 Å². The van der Waals surface area contributed by atoms with Gasteiger partial charge in [-0.05, 0) is 49.3 Å². The summed E-state index contributed by atoms with van der Waals surface area (Å²) in [5, 5.41) is 12.5. The van der Waals surface area contributed by atoms with Crippen molar-refractivity contribution in [3.63, 3.8) is 0 Å². The van der Waals surface area contributed by atoms with E-state index >= 15 is 0 Å². The van der Waals surface area contributed by atoms with Crippen LogP contribution in [-0.2, 0) is 6.61 Å². The largest absolute Gasteiger partial charge is 0.392 e. The van der Waals surface area contributed by atoms with Crippen LogP contribution in [0.15, 0.2) is 29.2 Å². The Morgan fingerprint density at radius 2 is 2.06 bits per heavy atom. The lowest BCUT2D eigenvalue weighted by molar-refractivity contribution is 0.282. The van der Waals surface area contributed by atoms with Crippen LogP contribution in [0, 0.1) is 0 Å². The minimum atomic E-state index is 0.136. The Balaban J connectivity index is 1.69. The van der Waals surface area contributed by atoms with Crippen LogP contribution in [0.25, 0.3) is 0 Å². The summed E-state index contributed by atoms with van der Waals surface area (Å²) in [5.74, 6) is 1.18. The molecule has 0 bridgehead atoms. The van der Waals surface area contributed by atoms with Crippen LogP contribution in [0.5, 0.6) is 0 Å². The molecule has 0 radical (unpaired) electrons. The second kappa shape index (κ2) is 7.04.